The van der Waals surface area contributed by atoms with Crippen molar-refractivity contribution in [3.05, 3.63) is 0 Å². The summed E-state index contributed by atoms with van der Waals surface area (Å²) in [6.07, 6.45) is 12.5. The van der Waals surface area contributed by atoms with E-state index in [1.165, 1.54) is 70.9 Å². The van der Waals surface area contributed by atoms with Crippen molar-refractivity contribution in [2.75, 3.05) is 19.6 Å². The van der Waals surface area contributed by atoms with Crippen molar-refractivity contribution in [2.24, 2.45) is 17.6 Å². The highest BCUT2D eigenvalue weighted by molar-refractivity contribution is 4.96. The molecule has 0 aromatic carbocycles. The zero-order valence-corrected chi connectivity index (χ0v) is 13.2. The molecule has 112 valence electrons. The van der Waals surface area contributed by atoms with Crippen LogP contribution >= 0.6 is 0 Å². The van der Waals surface area contributed by atoms with Crippen LogP contribution in [0.15, 0.2) is 0 Å². The standard InChI is InChI=1S/C17H34N2/c1-3-12-19(13-16-6-4-5-7-16)17(14-18)10-8-15(2)9-11-17/h15-16H,3-14,18H2,1-2H3. The molecule has 0 aliphatic heterocycles. The second-order valence-electron chi connectivity index (χ2n) is 7.21. The largest absolute Gasteiger partial charge is 0.329 e. The summed E-state index contributed by atoms with van der Waals surface area (Å²) in [7, 11) is 0. The first kappa shape index (κ1) is 15.3. The summed E-state index contributed by atoms with van der Waals surface area (Å²) < 4.78 is 0. The van der Waals surface area contributed by atoms with Gasteiger partial charge in [-0.25, -0.2) is 0 Å². The van der Waals surface area contributed by atoms with Gasteiger partial charge in [0.05, 0.1) is 0 Å². The van der Waals surface area contributed by atoms with Crippen LogP contribution in [0, 0.1) is 11.8 Å². The lowest BCUT2D eigenvalue weighted by atomic mass is 9.75. The van der Waals surface area contributed by atoms with Gasteiger partial charge in [-0.3, -0.25) is 4.90 Å². The Hall–Kier alpha value is -0.0800. The van der Waals surface area contributed by atoms with E-state index in [0.717, 1.165) is 18.4 Å². The molecule has 0 bridgehead atoms. The van der Waals surface area contributed by atoms with Gasteiger partial charge in [0, 0.05) is 18.6 Å². The zero-order valence-electron chi connectivity index (χ0n) is 13.2. The van der Waals surface area contributed by atoms with E-state index in [1.54, 1.807) is 0 Å². The number of nitrogens with two attached hydrogens (primary N) is 1. The van der Waals surface area contributed by atoms with Crippen LogP contribution in [0.3, 0.4) is 0 Å². The van der Waals surface area contributed by atoms with Gasteiger partial charge in [0.15, 0.2) is 0 Å². The van der Waals surface area contributed by atoms with Crippen LogP contribution in [0.4, 0.5) is 0 Å². The van der Waals surface area contributed by atoms with E-state index in [-0.39, 0.29) is 0 Å². The molecule has 2 fully saturated rings. The van der Waals surface area contributed by atoms with Crippen molar-refractivity contribution in [1.82, 2.24) is 4.90 Å². The average molecular weight is 266 g/mol. The Balaban J connectivity index is 2.01. The maximum Gasteiger partial charge on any atom is 0.0332 e. The molecule has 0 aromatic heterocycles. The summed E-state index contributed by atoms with van der Waals surface area (Å²) in [4.78, 5) is 2.80. The second-order valence-corrected chi connectivity index (χ2v) is 7.21. The van der Waals surface area contributed by atoms with Crippen LogP contribution in [0.5, 0.6) is 0 Å². The molecular formula is C17H34N2. The molecule has 0 amide bonds. The van der Waals surface area contributed by atoms with Crippen LogP contribution in [-0.2, 0) is 0 Å². The summed E-state index contributed by atoms with van der Waals surface area (Å²) in [6, 6.07) is 0. The summed E-state index contributed by atoms with van der Waals surface area (Å²) >= 11 is 0. The quantitative estimate of drug-likeness (QED) is 0.792. The van der Waals surface area contributed by atoms with Crippen LogP contribution in [-0.4, -0.2) is 30.1 Å². The predicted octanol–water partition coefficient (Wildman–Crippen LogP) is 3.80. The molecule has 2 saturated carbocycles. The topological polar surface area (TPSA) is 29.3 Å². The number of nitrogens with zero attached hydrogens (tertiary/aromatic N) is 1. The fourth-order valence-corrected chi connectivity index (χ4v) is 4.25. The normalized spacial score (nSPS) is 33.2. The fraction of sp³-hybridized carbons (Fsp3) is 1.00. The van der Waals surface area contributed by atoms with Gasteiger partial charge in [0.25, 0.3) is 0 Å². The van der Waals surface area contributed by atoms with Crippen molar-refractivity contribution < 1.29 is 0 Å². The molecule has 2 N–H and O–H groups in total. The Bertz CT molecular complexity index is 250. The van der Waals surface area contributed by atoms with Crippen LogP contribution in [0.2, 0.25) is 0 Å². The van der Waals surface area contributed by atoms with Crippen molar-refractivity contribution in [3.8, 4) is 0 Å². The summed E-state index contributed by atoms with van der Waals surface area (Å²) in [5.41, 5.74) is 6.59. The molecule has 0 unspecified atom stereocenters. The van der Waals surface area contributed by atoms with E-state index in [0.29, 0.717) is 5.54 Å². The van der Waals surface area contributed by atoms with Crippen LogP contribution in [0.1, 0.15) is 71.6 Å². The number of hydrogen-bond donors (Lipinski definition) is 1. The molecule has 0 saturated heterocycles. The highest BCUT2D eigenvalue weighted by Gasteiger charge is 2.38. The molecule has 0 radical (unpaired) electrons. The lowest BCUT2D eigenvalue weighted by molar-refractivity contribution is 0.0321. The average Bonchev–Trinajstić information content (AvgIpc) is 2.93. The molecule has 0 atom stereocenters. The van der Waals surface area contributed by atoms with Gasteiger partial charge in [-0.15, -0.1) is 0 Å². The van der Waals surface area contributed by atoms with E-state index < -0.39 is 0 Å². The number of hydrogen-bond acceptors (Lipinski definition) is 2. The molecule has 19 heavy (non-hydrogen) atoms. The van der Waals surface area contributed by atoms with Gasteiger partial charge in [-0.1, -0.05) is 26.7 Å². The Morgan fingerprint density at radius 3 is 2.26 bits per heavy atom. The van der Waals surface area contributed by atoms with Gasteiger partial charge in [-0.2, -0.15) is 0 Å². The van der Waals surface area contributed by atoms with E-state index in [2.05, 4.69) is 18.7 Å². The van der Waals surface area contributed by atoms with Crippen LogP contribution in [0.25, 0.3) is 0 Å². The van der Waals surface area contributed by atoms with Gasteiger partial charge >= 0.3 is 0 Å². The molecule has 2 aliphatic rings. The maximum absolute atomic E-state index is 6.25. The van der Waals surface area contributed by atoms with Crippen molar-refractivity contribution in [2.45, 2.75) is 77.2 Å². The highest BCUT2D eigenvalue weighted by atomic mass is 15.2. The molecule has 2 aliphatic carbocycles. The summed E-state index contributed by atoms with van der Waals surface area (Å²) in [5.74, 6) is 1.86. The van der Waals surface area contributed by atoms with Crippen molar-refractivity contribution >= 4 is 0 Å². The molecular weight excluding hydrogens is 232 g/mol. The van der Waals surface area contributed by atoms with E-state index in [1.807, 2.05) is 0 Å². The minimum Gasteiger partial charge on any atom is -0.329 e. The lowest BCUT2D eigenvalue weighted by Crippen LogP contribution is -2.57. The SMILES string of the molecule is CCCN(CC1CCCC1)C1(CN)CCC(C)CC1. The fourth-order valence-electron chi connectivity index (χ4n) is 4.25. The van der Waals surface area contributed by atoms with Gasteiger partial charge in [0.2, 0.25) is 0 Å². The minimum absolute atomic E-state index is 0.338. The third-order valence-corrected chi connectivity index (χ3v) is 5.70. The van der Waals surface area contributed by atoms with E-state index >= 15 is 0 Å². The Morgan fingerprint density at radius 2 is 1.74 bits per heavy atom. The molecule has 0 spiro atoms. The smallest absolute Gasteiger partial charge is 0.0332 e. The molecule has 0 aromatic rings. The monoisotopic (exact) mass is 266 g/mol. The molecule has 0 heterocycles. The Morgan fingerprint density at radius 1 is 1.11 bits per heavy atom. The Kier molecular flexibility index (Phi) is 5.70. The predicted molar refractivity (Wildman–Crippen MR) is 83.2 cm³/mol. The third kappa shape index (κ3) is 3.72. The maximum atomic E-state index is 6.25. The first-order chi connectivity index (χ1) is 9.20. The molecule has 2 rings (SSSR count). The number of rotatable bonds is 6. The van der Waals surface area contributed by atoms with Crippen molar-refractivity contribution in [3.63, 3.8) is 0 Å². The molecule has 2 heteroatoms. The Labute approximate surface area is 120 Å². The third-order valence-electron chi connectivity index (χ3n) is 5.70. The summed E-state index contributed by atoms with van der Waals surface area (Å²) in [5, 5.41) is 0. The van der Waals surface area contributed by atoms with E-state index in [9.17, 15) is 0 Å². The van der Waals surface area contributed by atoms with Gasteiger partial charge in [-0.05, 0) is 63.3 Å². The first-order valence-electron chi connectivity index (χ1n) is 8.65. The van der Waals surface area contributed by atoms with E-state index in [4.69, 9.17) is 5.73 Å². The van der Waals surface area contributed by atoms with Crippen LogP contribution < -0.4 is 5.73 Å². The highest BCUT2D eigenvalue weighted by Crippen LogP contribution is 2.37. The lowest BCUT2D eigenvalue weighted by Gasteiger charge is -2.48. The summed E-state index contributed by atoms with van der Waals surface area (Å²) in [6.45, 7) is 8.16. The minimum atomic E-state index is 0.338. The zero-order chi connectivity index (χ0) is 13.7. The van der Waals surface area contributed by atoms with Gasteiger partial charge < -0.3 is 5.73 Å². The second kappa shape index (κ2) is 7.08. The van der Waals surface area contributed by atoms with Crippen molar-refractivity contribution in [1.29, 1.82) is 0 Å². The molecule has 2 nitrogen and oxygen atoms in total. The first-order valence-corrected chi connectivity index (χ1v) is 8.65. The van der Waals surface area contributed by atoms with Gasteiger partial charge in [0.1, 0.15) is 0 Å².